The summed E-state index contributed by atoms with van der Waals surface area (Å²) in [5.41, 5.74) is 1.85. The van der Waals surface area contributed by atoms with Crippen molar-refractivity contribution < 1.29 is 14.3 Å². The predicted octanol–water partition coefficient (Wildman–Crippen LogP) is 1.96. The second-order valence-electron chi connectivity index (χ2n) is 5.93. The lowest BCUT2D eigenvalue weighted by atomic mass is 10.1. The first-order chi connectivity index (χ1) is 13.2. The standard InChI is InChI=1S/C17H16N6O3S/c1-2-26-16(25)12-6-7-13-14(12)19-17(27-13)20-15(24)10-4-3-5-11(8-10)23-9-18-21-22-23/h3-5,8-9,12H,2,6-7H2,1H3,(H,19,20,24)/t12-/m0/s1. The summed E-state index contributed by atoms with van der Waals surface area (Å²) in [7, 11) is 0. The number of tetrazole rings is 1. The maximum atomic E-state index is 12.6. The van der Waals surface area contributed by atoms with Gasteiger partial charge in [0.05, 0.1) is 18.0 Å². The van der Waals surface area contributed by atoms with Gasteiger partial charge < -0.3 is 4.74 Å². The Morgan fingerprint density at radius 1 is 1.41 bits per heavy atom. The van der Waals surface area contributed by atoms with Gasteiger partial charge >= 0.3 is 5.97 Å². The van der Waals surface area contributed by atoms with Crippen molar-refractivity contribution in [2.75, 3.05) is 11.9 Å². The Hall–Kier alpha value is -3.14. The van der Waals surface area contributed by atoms with Crippen LogP contribution in [-0.4, -0.2) is 43.7 Å². The molecule has 1 N–H and O–H groups in total. The van der Waals surface area contributed by atoms with Gasteiger partial charge in [0.2, 0.25) is 0 Å². The van der Waals surface area contributed by atoms with E-state index in [1.54, 1.807) is 31.2 Å². The average Bonchev–Trinajstić information content (AvgIpc) is 3.39. The molecule has 138 valence electrons. The van der Waals surface area contributed by atoms with Crippen LogP contribution in [0.3, 0.4) is 0 Å². The number of rotatable bonds is 5. The van der Waals surface area contributed by atoms with E-state index in [4.69, 9.17) is 4.74 Å². The molecule has 27 heavy (non-hydrogen) atoms. The van der Waals surface area contributed by atoms with E-state index in [9.17, 15) is 9.59 Å². The topological polar surface area (TPSA) is 112 Å². The van der Waals surface area contributed by atoms with Gasteiger partial charge in [0, 0.05) is 10.4 Å². The maximum absolute atomic E-state index is 12.6. The van der Waals surface area contributed by atoms with E-state index in [2.05, 4.69) is 25.8 Å². The quantitative estimate of drug-likeness (QED) is 0.669. The number of amides is 1. The Bertz CT molecular complexity index is 984. The van der Waals surface area contributed by atoms with E-state index in [1.165, 1.54) is 22.3 Å². The molecule has 0 fully saturated rings. The highest BCUT2D eigenvalue weighted by Crippen LogP contribution is 2.39. The van der Waals surface area contributed by atoms with Gasteiger partial charge in [0.25, 0.3) is 5.91 Å². The van der Waals surface area contributed by atoms with Crippen molar-refractivity contribution in [1.82, 2.24) is 25.2 Å². The number of aryl methyl sites for hydroxylation is 1. The number of thiazole rings is 1. The Kier molecular flexibility index (Phi) is 4.63. The third-order valence-electron chi connectivity index (χ3n) is 4.23. The van der Waals surface area contributed by atoms with E-state index >= 15 is 0 Å². The number of anilines is 1. The van der Waals surface area contributed by atoms with Crippen molar-refractivity contribution in [3.05, 3.63) is 46.7 Å². The van der Waals surface area contributed by atoms with E-state index in [0.29, 0.717) is 29.4 Å². The molecular weight excluding hydrogens is 368 g/mol. The number of nitrogens with one attached hydrogen (secondary N) is 1. The normalized spacial score (nSPS) is 15.4. The predicted molar refractivity (Wildman–Crippen MR) is 96.9 cm³/mol. The number of aromatic nitrogens is 5. The Morgan fingerprint density at radius 3 is 3.07 bits per heavy atom. The van der Waals surface area contributed by atoms with E-state index in [1.807, 2.05) is 0 Å². The second kappa shape index (κ2) is 7.23. The molecule has 4 rings (SSSR count). The number of fused-ring (bicyclic) bond motifs is 1. The van der Waals surface area contributed by atoms with Gasteiger partial charge in [-0.05, 0) is 48.4 Å². The molecule has 0 aliphatic heterocycles. The van der Waals surface area contributed by atoms with Gasteiger partial charge in [-0.25, -0.2) is 9.67 Å². The van der Waals surface area contributed by atoms with Crippen LogP contribution in [0.2, 0.25) is 0 Å². The molecule has 0 spiro atoms. The molecule has 0 radical (unpaired) electrons. The van der Waals surface area contributed by atoms with Gasteiger partial charge in [-0.2, -0.15) is 0 Å². The first-order valence-corrected chi connectivity index (χ1v) is 9.28. The zero-order valence-electron chi connectivity index (χ0n) is 14.5. The van der Waals surface area contributed by atoms with Crippen LogP contribution < -0.4 is 5.32 Å². The van der Waals surface area contributed by atoms with E-state index in [-0.39, 0.29) is 17.8 Å². The molecule has 0 saturated carbocycles. The number of hydrogen-bond donors (Lipinski definition) is 1. The summed E-state index contributed by atoms with van der Waals surface area (Å²) < 4.78 is 6.58. The van der Waals surface area contributed by atoms with E-state index in [0.717, 1.165) is 17.0 Å². The number of carbonyl (C=O) groups excluding carboxylic acids is 2. The molecular formula is C17H16N6O3S. The highest BCUT2D eigenvalue weighted by Gasteiger charge is 2.33. The number of nitrogens with zero attached hydrogens (tertiary/aromatic N) is 5. The maximum Gasteiger partial charge on any atom is 0.315 e. The van der Waals surface area contributed by atoms with Crippen LogP contribution >= 0.6 is 11.3 Å². The van der Waals surface area contributed by atoms with E-state index < -0.39 is 0 Å². The minimum absolute atomic E-state index is 0.256. The summed E-state index contributed by atoms with van der Waals surface area (Å²) in [5.74, 6) is -0.886. The highest BCUT2D eigenvalue weighted by atomic mass is 32.1. The fourth-order valence-corrected chi connectivity index (χ4v) is 4.02. The van der Waals surface area contributed by atoms with Gasteiger partial charge in [-0.1, -0.05) is 6.07 Å². The van der Waals surface area contributed by atoms with Gasteiger partial charge in [-0.3, -0.25) is 14.9 Å². The molecule has 1 amide bonds. The Balaban J connectivity index is 1.51. The van der Waals surface area contributed by atoms with Crippen LogP contribution in [0, 0.1) is 0 Å². The molecule has 0 saturated heterocycles. The lowest BCUT2D eigenvalue weighted by Gasteiger charge is -2.08. The van der Waals surface area contributed by atoms with Crippen molar-refractivity contribution in [3.63, 3.8) is 0 Å². The van der Waals surface area contributed by atoms with Crippen molar-refractivity contribution in [2.45, 2.75) is 25.7 Å². The average molecular weight is 384 g/mol. The highest BCUT2D eigenvalue weighted by molar-refractivity contribution is 7.16. The van der Waals surface area contributed by atoms with Gasteiger partial charge in [0.1, 0.15) is 12.2 Å². The summed E-state index contributed by atoms with van der Waals surface area (Å²) >= 11 is 1.40. The van der Waals surface area contributed by atoms with Crippen LogP contribution in [0.4, 0.5) is 5.13 Å². The summed E-state index contributed by atoms with van der Waals surface area (Å²) in [4.78, 5) is 30.1. The molecule has 10 heteroatoms. The summed E-state index contributed by atoms with van der Waals surface area (Å²) in [6, 6.07) is 6.94. The molecule has 1 atom stereocenters. The first-order valence-electron chi connectivity index (χ1n) is 8.46. The lowest BCUT2D eigenvalue weighted by molar-refractivity contribution is -0.145. The van der Waals surface area contributed by atoms with Crippen LogP contribution in [-0.2, 0) is 16.0 Å². The third kappa shape index (κ3) is 3.43. The molecule has 2 heterocycles. The molecule has 1 aromatic carbocycles. The van der Waals surface area contributed by atoms with Crippen molar-refractivity contribution >= 4 is 28.3 Å². The number of benzene rings is 1. The molecule has 0 unspecified atom stereocenters. The largest absolute Gasteiger partial charge is 0.465 e. The minimum Gasteiger partial charge on any atom is -0.465 e. The summed E-state index contributed by atoms with van der Waals surface area (Å²) in [6.45, 7) is 2.12. The third-order valence-corrected chi connectivity index (χ3v) is 5.28. The van der Waals surface area contributed by atoms with Crippen LogP contribution in [0.5, 0.6) is 0 Å². The van der Waals surface area contributed by atoms with Crippen LogP contribution in [0.15, 0.2) is 30.6 Å². The number of hydrogen-bond acceptors (Lipinski definition) is 8. The zero-order chi connectivity index (χ0) is 18.8. The van der Waals surface area contributed by atoms with Crippen molar-refractivity contribution in [3.8, 4) is 5.69 Å². The van der Waals surface area contributed by atoms with Crippen LogP contribution in [0.1, 0.15) is 40.2 Å². The minimum atomic E-state index is -0.343. The fraction of sp³-hybridized carbons (Fsp3) is 0.294. The SMILES string of the molecule is CCOC(=O)[C@H]1CCc2sc(NC(=O)c3cccc(-n4cnnn4)c3)nc21. The smallest absolute Gasteiger partial charge is 0.315 e. The molecule has 1 aliphatic carbocycles. The van der Waals surface area contributed by atoms with Gasteiger partial charge in [0.15, 0.2) is 5.13 Å². The molecule has 1 aliphatic rings. The summed E-state index contributed by atoms with van der Waals surface area (Å²) in [6.07, 6.45) is 2.92. The molecule has 3 aromatic rings. The van der Waals surface area contributed by atoms with Gasteiger partial charge in [-0.15, -0.1) is 16.4 Å². The number of carbonyl (C=O) groups is 2. The Morgan fingerprint density at radius 2 is 2.30 bits per heavy atom. The zero-order valence-corrected chi connectivity index (χ0v) is 15.3. The number of ether oxygens (including phenoxy) is 1. The van der Waals surface area contributed by atoms with Crippen LogP contribution in [0.25, 0.3) is 5.69 Å². The van der Waals surface area contributed by atoms with Crippen molar-refractivity contribution in [2.24, 2.45) is 0 Å². The van der Waals surface area contributed by atoms with Crippen molar-refractivity contribution in [1.29, 1.82) is 0 Å². The number of esters is 1. The first kappa shape index (κ1) is 17.3. The Labute approximate surface area is 158 Å². The molecule has 9 nitrogen and oxygen atoms in total. The molecule has 2 aromatic heterocycles. The summed E-state index contributed by atoms with van der Waals surface area (Å²) in [5, 5.41) is 14.3. The fourth-order valence-electron chi connectivity index (χ4n) is 2.99. The monoisotopic (exact) mass is 384 g/mol. The second-order valence-corrected chi connectivity index (χ2v) is 7.01. The lowest BCUT2D eigenvalue weighted by Crippen LogP contribution is -2.15. The molecule has 0 bridgehead atoms.